The number of hydrogen-bond acceptors (Lipinski definition) is 6. The van der Waals surface area contributed by atoms with Crippen LogP contribution in [0.4, 0.5) is 0 Å². The SMILES string of the molecule is CCS(=O)(=O)c1ccccc1C(=O)OCc1csc(-c2ccccc2Cl)n1. The molecule has 0 aliphatic rings. The lowest BCUT2D eigenvalue weighted by atomic mass is 10.2. The summed E-state index contributed by atoms with van der Waals surface area (Å²) in [6, 6.07) is 13.4. The van der Waals surface area contributed by atoms with Gasteiger partial charge in [-0.05, 0) is 18.2 Å². The van der Waals surface area contributed by atoms with E-state index < -0.39 is 15.8 Å². The van der Waals surface area contributed by atoms with Gasteiger partial charge in [-0.1, -0.05) is 48.9 Å². The summed E-state index contributed by atoms with van der Waals surface area (Å²) in [6.07, 6.45) is 0. The number of benzene rings is 2. The number of carbonyl (C=O) groups is 1. The number of sulfone groups is 1. The van der Waals surface area contributed by atoms with E-state index in [9.17, 15) is 13.2 Å². The highest BCUT2D eigenvalue weighted by molar-refractivity contribution is 7.91. The van der Waals surface area contributed by atoms with Gasteiger partial charge in [-0.2, -0.15) is 0 Å². The predicted octanol–water partition coefficient (Wildman–Crippen LogP) is 4.61. The molecule has 0 atom stereocenters. The van der Waals surface area contributed by atoms with Crippen molar-refractivity contribution in [3.8, 4) is 10.6 Å². The summed E-state index contributed by atoms with van der Waals surface area (Å²) in [4.78, 5) is 16.8. The fourth-order valence-electron chi connectivity index (χ4n) is 2.41. The number of halogens is 1. The van der Waals surface area contributed by atoms with E-state index in [1.807, 2.05) is 18.2 Å². The lowest BCUT2D eigenvalue weighted by Crippen LogP contribution is -2.13. The first-order valence-electron chi connectivity index (χ1n) is 8.10. The molecule has 8 heteroatoms. The molecule has 1 heterocycles. The summed E-state index contributed by atoms with van der Waals surface area (Å²) in [7, 11) is -3.52. The first kappa shape index (κ1) is 19.5. The van der Waals surface area contributed by atoms with Gasteiger partial charge in [-0.25, -0.2) is 18.2 Å². The van der Waals surface area contributed by atoms with E-state index in [1.54, 1.807) is 23.6 Å². The third kappa shape index (κ3) is 4.37. The summed E-state index contributed by atoms with van der Waals surface area (Å²) in [5.41, 5.74) is 1.40. The fraction of sp³-hybridized carbons (Fsp3) is 0.158. The van der Waals surface area contributed by atoms with Crippen molar-refractivity contribution in [3.63, 3.8) is 0 Å². The first-order chi connectivity index (χ1) is 12.9. The van der Waals surface area contributed by atoms with Gasteiger partial charge in [-0.15, -0.1) is 11.3 Å². The number of carbonyl (C=O) groups excluding carboxylic acids is 1. The molecule has 140 valence electrons. The molecule has 0 radical (unpaired) electrons. The number of thiazole rings is 1. The van der Waals surface area contributed by atoms with Crippen LogP contribution in [-0.4, -0.2) is 25.1 Å². The molecule has 3 aromatic rings. The Morgan fingerprint density at radius 3 is 2.59 bits per heavy atom. The summed E-state index contributed by atoms with van der Waals surface area (Å²) in [5.74, 6) is -0.792. The lowest BCUT2D eigenvalue weighted by Gasteiger charge is -2.08. The van der Waals surface area contributed by atoms with Crippen LogP contribution in [0.25, 0.3) is 10.6 Å². The molecule has 1 aromatic heterocycles. The van der Waals surface area contributed by atoms with Crippen LogP contribution in [-0.2, 0) is 21.2 Å². The van der Waals surface area contributed by atoms with Crippen LogP contribution in [0.15, 0.2) is 58.8 Å². The number of esters is 1. The van der Waals surface area contributed by atoms with Crippen molar-refractivity contribution in [2.75, 3.05) is 5.75 Å². The van der Waals surface area contributed by atoms with Crippen molar-refractivity contribution in [1.82, 2.24) is 4.98 Å². The zero-order valence-corrected chi connectivity index (χ0v) is 16.8. The van der Waals surface area contributed by atoms with Crippen LogP contribution in [0.2, 0.25) is 5.02 Å². The Morgan fingerprint density at radius 1 is 1.15 bits per heavy atom. The average molecular weight is 422 g/mol. The molecule has 0 fully saturated rings. The highest BCUT2D eigenvalue weighted by atomic mass is 35.5. The molecular weight excluding hydrogens is 406 g/mol. The maximum absolute atomic E-state index is 12.4. The van der Waals surface area contributed by atoms with Gasteiger partial charge in [0.25, 0.3) is 0 Å². The number of nitrogens with zero attached hydrogens (tertiary/aromatic N) is 1. The molecule has 0 aliphatic carbocycles. The van der Waals surface area contributed by atoms with Crippen molar-refractivity contribution in [3.05, 3.63) is 70.2 Å². The molecule has 0 aliphatic heterocycles. The summed E-state index contributed by atoms with van der Waals surface area (Å²) < 4.78 is 29.6. The maximum Gasteiger partial charge on any atom is 0.339 e. The molecule has 0 bridgehead atoms. The molecular formula is C19H16ClNO4S2. The number of ether oxygens (including phenoxy) is 1. The standard InChI is InChI=1S/C19H16ClNO4S2/c1-2-27(23,24)17-10-6-4-8-15(17)19(22)25-11-13-12-26-18(21-13)14-7-3-5-9-16(14)20/h3-10,12H,2,11H2,1H3. The molecule has 2 aromatic carbocycles. The summed E-state index contributed by atoms with van der Waals surface area (Å²) >= 11 is 7.57. The van der Waals surface area contributed by atoms with Gasteiger partial charge in [0, 0.05) is 10.9 Å². The third-order valence-electron chi connectivity index (χ3n) is 3.83. The van der Waals surface area contributed by atoms with Gasteiger partial charge in [-0.3, -0.25) is 0 Å². The zero-order chi connectivity index (χ0) is 19.4. The second kappa shape index (κ2) is 8.21. The smallest absolute Gasteiger partial charge is 0.339 e. The number of rotatable bonds is 6. The van der Waals surface area contributed by atoms with Gasteiger partial charge < -0.3 is 4.74 Å². The van der Waals surface area contributed by atoms with Crippen LogP contribution in [0.5, 0.6) is 0 Å². The van der Waals surface area contributed by atoms with Crippen LogP contribution in [0.1, 0.15) is 23.0 Å². The minimum Gasteiger partial charge on any atom is -0.456 e. The highest BCUT2D eigenvalue weighted by Gasteiger charge is 2.21. The van der Waals surface area contributed by atoms with Crippen molar-refractivity contribution >= 4 is 38.7 Å². The van der Waals surface area contributed by atoms with E-state index in [-0.39, 0.29) is 22.8 Å². The van der Waals surface area contributed by atoms with E-state index in [0.29, 0.717) is 10.7 Å². The van der Waals surface area contributed by atoms with E-state index in [2.05, 4.69) is 4.98 Å². The Balaban J connectivity index is 1.76. The Bertz CT molecular complexity index is 1080. The maximum atomic E-state index is 12.4. The molecule has 0 amide bonds. The van der Waals surface area contributed by atoms with Crippen molar-refractivity contribution in [2.24, 2.45) is 0 Å². The summed E-state index contributed by atoms with van der Waals surface area (Å²) in [5, 5.41) is 3.09. The van der Waals surface area contributed by atoms with Crippen molar-refractivity contribution in [1.29, 1.82) is 0 Å². The average Bonchev–Trinajstić information content (AvgIpc) is 3.15. The van der Waals surface area contributed by atoms with Crippen LogP contribution >= 0.6 is 22.9 Å². The molecule has 0 N–H and O–H groups in total. The van der Waals surface area contributed by atoms with Crippen LogP contribution in [0, 0.1) is 0 Å². The number of hydrogen-bond donors (Lipinski definition) is 0. The third-order valence-corrected chi connectivity index (χ3v) is 6.87. The van der Waals surface area contributed by atoms with Gasteiger partial charge in [0.05, 0.1) is 26.9 Å². The van der Waals surface area contributed by atoms with Crippen LogP contribution in [0.3, 0.4) is 0 Å². The topological polar surface area (TPSA) is 73.3 Å². The van der Waals surface area contributed by atoms with Gasteiger partial charge >= 0.3 is 5.97 Å². The van der Waals surface area contributed by atoms with E-state index in [1.165, 1.54) is 30.4 Å². The predicted molar refractivity (Wildman–Crippen MR) is 106 cm³/mol. The molecule has 3 rings (SSSR count). The monoisotopic (exact) mass is 421 g/mol. The Hall–Kier alpha value is -2.22. The molecule has 27 heavy (non-hydrogen) atoms. The molecule has 0 unspecified atom stereocenters. The van der Waals surface area contributed by atoms with E-state index in [4.69, 9.17) is 16.3 Å². The zero-order valence-electron chi connectivity index (χ0n) is 14.4. The van der Waals surface area contributed by atoms with E-state index in [0.717, 1.165) is 10.6 Å². The molecule has 0 saturated carbocycles. The minimum absolute atomic E-state index is 0.0208. The largest absolute Gasteiger partial charge is 0.456 e. The fourth-order valence-corrected chi connectivity index (χ4v) is 4.62. The van der Waals surface area contributed by atoms with Crippen molar-refractivity contribution < 1.29 is 17.9 Å². The van der Waals surface area contributed by atoms with Crippen molar-refractivity contribution in [2.45, 2.75) is 18.4 Å². The molecule has 5 nitrogen and oxygen atoms in total. The Labute approximate surface area is 166 Å². The highest BCUT2D eigenvalue weighted by Crippen LogP contribution is 2.30. The molecule has 0 spiro atoms. The lowest BCUT2D eigenvalue weighted by molar-refractivity contribution is 0.0464. The van der Waals surface area contributed by atoms with Gasteiger partial charge in [0.1, 0.15) is 11.6 Å². The second-order valence-electron chi connectivity index (χ2n) is 5.60. The summed E-state index contributed by atoms with van der Waals surface area (Å²) in [6.45, 7) is 1.48. The Kier molecular flexibility index (Phi) is 5.94. The molecule has 0 saturated heterocycles. The minimum atomic E-state index is -3.52. The first-order valence-corrected chi connectivity index (χ1v) is 11.0. The number of aromatic nitrogens is 1. The second-order valence-corrected chi connectivity index (χ2v) is 9.11. The van der Waals surface area contributed by atoms with Gasteiger partial charge in [0.15, 0.2) is 9.84 Å². The van der Waals surface area contributed by atoms with E-state index >= 15 is 0 Å². The normalized spacial score (nSPS) is 11.3. The van der Waals surface area contributed by atoms with Gasteiger partial charge in [0.2, 0.25) is 0 Å². The Morgan fingerprint density at radius 2 is 1.85 bits per heavy atom. The quantitative estimate of drug-likeness (QED) is 0.543. The van der Waals surface area contributed by atoms with Crippen LogP contribution < -0.4 is 0 Å².